The van der Waals surface area contributed by atoms with Gasteiger partial charge in [0.1, 0.15) is 6.26 Å². The Kier molecular flexibility index (Phi) is 5.22. The average Bonchev–Trinajstić information content (AvgIpc) is 3.06. The van der Waals surface area contributed by atoms with Gasteiger partial charge in [-0.15, -0.1) is 24.0 Å². The van der Waals surface area contributed by atoms with E-state index in [1.807, 2.05) is 19.2 Å². The molecule has 21 heavy (non-hydrogen) atoms. The van der Waals surface area contributed by atoms with Gasteiger partial charge < -0.3 is 14.6 Å². The number of halogens is 1. The van der Waals surface area contributed by atoms with Crippen LogP contribution in [0.1, 0.15) is 11.3 Å². The molecule has 0 aliphatic carbocycles. The van der Waals surface area contributed by atoms with Gasteiger partial charge in [0.05, 0.1) is 18.8 Å². The molecule has 0 amide bonds. The van der Waals surface area contributed by atoms with E-state index < -0.39 is 0 Å². The zero-order chi connectivity index (χ0) is 13.9. The Bertz CT molecular complexity index is 621. The third kappa shape index (κ3) is 3.75. The minimum absolute atomic E-state index is 0. The van der Waals surface area contributed by atoms with Crippen molar-refractivity contribution in [2.45, 2.75) is 13.5 Å². The van der Waals surface area contributed by atoms with Gasteiger partial charge in [0, 0.05) is 19.2 Å². The number of hydrogen-bond donors (Lipinski definition) is 1. The van der Waals surface area contributed by atoms with Crippen molar-refractivity contribution in [2.24, 2.45) is 4.99 Å². The van der Waals surface area contributed by atoms with Gasteiger partial charge in [-0.3, -0.25) is 4.99 Å². The van der Waals surface area contributed by atoms with Crippen molar-refractivity contribution in [1.82, 2.24) is 15.2 Å². The molecule has 6 heteroatoms. The first kappa shape index (κ1) is 15.8. The molecule has 5 nitrogen and oxygen atoms in total. The fourth-order valence-electron chi connectivity index (χ4n) is 2.11. The van der Waals surface area contributed by atoms with Crippen LogP contribution in [0, 0.1) is 6.92 Å². The van der Waals surface area contributed by atoms with Crippen LogP contribution in [-0.2, 0) is 6.54 Å². The van der Waals surface area contributed by atoms with Crippen LogP contribution in [0.15, 0.2) is 39.9 Å². The van der Waals surface area contributed by atoms with Crippen LogP contribution in [-0.4, -0.2) is 36.0 Å². The van der Waals surface area contributed by atoms with E-state index in [1.54, 1.807) is 6.26 Å². The summed E-state index contributed by atoms with van der Waals surface area (Å²) < 4.78 is 5.53. The summed E-state index contributed by atoms with van der Waals surface area (Å²) in [6.07, 6.45) is 1.69. The Hall–Kier alpha value is -1.57. The summed E-state index contributed by atoms with van der Waals surface area (Å²) in [7, 11) is 2.03. The second-order valence-electron chi connectivity index (χ2n) is 4.99. The highest BCUT2D eigenvalue weighted by molar-refractivity contribution is 14.0. The number of rotatable bonds is 3. The number of aromatic nitrogens is 1. The van der Waals surface area contributed by atoms with Crippen LogP contribution in [0.2, 0.25) is 0 Å². The lowest BCUT2D eigenvalue weighted by molar-refractivity contribution is 0.532. The van der Waals surface area contributed by atoms with Gasteiger partial charge in [0.25, 0.3) is 0 Å². The molecule has 112 valence electrons. The van der Waals surface area contributed by atoms with E-state index in [1.165, 1.54) is 5.56 Å². The smallest absolute Gasteiger partial charge is 0.226 e. The molecule has 1 aromatic carbocycles. The number of nitrogens with one attached hydrogen (secondary N) is 1. The van der Waals surface area contributed by atoms with Crippen molar-refractivity contribution in [3.8, 4) is 11.5 Å². The number of likely N-dealkylation sites (N-methyl/N-ethyl adjacent to an activating group) is 1. The second kappa shape index (κ2) is 6.93. The summed E-state index contributed by atoms with van der Waals surface area (Å²) in [5, 5.41) is 3.27. The minimum Gasteiger partial charge on any atom is -0.444 e. The Labute approximate surface area is 141 Å². The molecule has 1 N–H and O–H groups in total. The van der Waals surface area contributed by atoms with Gasteiger partial charge in [-0.25, -0.2) is 4.98 Å². The molecule has 2 aromatic rings. The molecule has 0 bridgehead atoms. The molecule has 2 heterocycles. The highest BCUT2D eigenvalue weighted by atomic mass is 127. The molecule has 3 rings (SSSR count). The zero-order valence-electron chi connectivity index (χ0n) is 12.2. The van der Waals surface area contributed by atoms with Gasteiger partial charge in [-0.2, -0.15) is 0 Å². The van der Waals surface area contributed by atoms with E-state index in [2.05, 4.69) is 39.2 Å². The first-order valence-electron chi connectivity index (χ1n) is 6.73. The Morgan fingerprint density at radius 2 is 2.05 bits per heavy atom. The molecular formula is C15H19IN4O. The van der Waals surface area contributed by atoms with Gasteiger partial charge in [-0.05, 0) is 19.1 Å². The average molecular weight is 398 g/mol. The lowest BCUT2D eigenvalue weighted by Gasteiger charge is -2.13. The normalized spacial score (nSPS) is 13.8. The van der Waals surface area contributed by atoms with Crippen molar-refractivity contribution >= 4 is 29.9 Å². The quantitative estimate of drug-likeness (QED) is 0.808. The number of oxazole rings is 1. The van der Waals surface area contributed by atoms with Gasteiger partial charge >= 0.3 is 0 Å². The van der Waals surface area contributed by atoms with Gasteiger partial charge in [0.15, 0.2) is 5.96 Å². The fourth-order valence-corrected chi connectivity index (χ4v) is 2.11. The summed E-state index contributed by atoms with van der Waals surface area (Å²) in [4.78, 5) is 11.0. The molecule has 0 radical (unpaired) electrons. The third-order valence-corrected chi connectivity index (χ3v) is 3.34. The number of guanidine groups is 1. The van der Waals surface area contributed by atoms with E-state index in [0.717, 1.165) is 30.3 Å². The lowest BCUT2D eigenvalue weighted by atomic mass is 10.1. The number of aryl methyl sites for hydroxylation is 1. The first-order valence-corrected chi connectivity index (χ1v) is 6.73. The molecule has 0 atom stereocenters. The second-order valence-corrected chi connectivity index (χ2v) is 4.99. The minimum atomic E-state index is 0. The molecular weight excluding hydrogens is 379 g/mol. The highest BCUT2D eigenvalue weighted by Crippen LogP contribution is 2.19. The van der Waals surface area contributed by atoms with Crippen LogP contribution >= 0.6 is 24.0 Å². The Morgan fingerprint density at radius 1 is 1.29 bits per heavy atom. The van der Waals surface area contributed by atoms with Crippen LogP contribution in [0.5, 0.6) is 0 Å². The molecule has 1 aliphatic heterocycles. The third-order valence-electron chi connectivity index (χ3n) is 3.34. The fraction of sp³-hybridized carbons (Fsp3) is 0.333. The monoisotopic (exact) mass is 398 g/mol. The SMILES string of the molecule is Cc1ccc(-c2nc(CNC3=NCCN3C)co2)cc1.I. The van der Waals surface area contributed by atoms with E-state index in [9.17, 15) is 0 Å². The molecule has 1 aliphatic rings. The molecule has 0 saturated carbocycles. The Balaban J connectivity index is 0.00000161. The van der Waals surface area contributed by atoms with Crippen molar-refractivity contribution < 1.29 is 4.42 Å². The van der Waals surface area contributed by atoms with E-state index in [0.29, 0.717) is 12.4 Å². The number of aliphatic imine (C=N–C) groups is 1. The predicted octanol–water partition coefficient (Wildman–Crippen LogP) is 2.66. The maximum Gasteiger partial charge on any atom is 0.226 e. The van der Waals surface area contributed by atoms with Crippen molar-refractivity contribution in [2.75, 3.05) is 20.1 Å². The largest absolute Gasteiger partial charge is 0.444 e. The zero-order valence-corrected chi connectivity index (χ0v) is 14.5. The standard InChI is InChI=1S/C15H18N4O.HI/c1-11-3-5-12(6-4-11)14-18-13(10-20-14)9-17-15-16-7-8-19(15)2;/h3-6,10H,7-9H2,1-2H3,(H,16,17);1H. The maximum absolute atomic E-state index is 5.53. The maximum atomic E-state index is 5.53. The summed E-state index contributed by atoms with van der Waals surface area (Å²) in [6, 6.07) is 8.15. The Morgan fingerprint density at radius 3 is 2.71 bits per heavy atom. The van der Waals surface area contributed by atoms with Gasteiger partial charge in [0.2, 0.25) is 5.89 Å². The van der Waals surface area contributed by atoms with Crippen LogP contribution in [0.25, 0.3) is 11.5 Å². The predicted molar refractivity (Wildman–Crippen MR) is 93.9 cm³/mol. The first-order chi connectivity index (χ1) is 9.72. The number of nitrogens with zero attached hydrogens (tertiary/aromatic N) is 3. The van der Waals surface area contributed by atoms with E-state index in [-0.39, 0.29) is 24.0 Å². The summed E-state index contributed by atoms with van der Waals surface area (Å²) in [5.74, 6) is 1.58. The van der Waals surface area contributed by atoms with Gasteiger partial charge in [-0.1, -0.05) is 17.7 Å². The van der Waals surface area contributed by atoms with Crippen LogP contribution in [0.3, 0.4) is 0 Å². The van der Waals surface area contributed by atoms with Crippen LogP contribution < -0.4 is 5.32 Å². The summed E-state index contributed by atoms with van der Waals surface area (Å²) in [5.41, 5.74) is 3.10. The highest BCUT2D eigenvalue weighted by Gasteiger charge is 2.12. The van der Waals surface area contributed by atoms with E-state index in [4.69, 9.17) is 4.42 Å². The van der Waals surface area contributed by atoms with Crippen molar-refractivity contribution in [3.05, 3.63) is 41.8 Å². The topological polar surface area (TPSA) is 53.7 Å². The van der Waals surface area contributed by atoms with Crippen molar-refractivity contribution in [1.29, 1.82) is 0 Å². The van der Waals surface area contributed by atoms with Crippen molar-refractivity contribution in [3.63, 3.8) is 0 Å². The molecule has 1 aromatic heterocycles. The summed E-state index contributed by atoms with van der Waals surface area (Å²) >= 11 is 0. The summed E-state index contributed by atoms with van der Waals surface area (Å²) in [6.45, 7) is 4.51. The molecule has 0 fully saturated rings. The molecule has 0 unspecified atom stereocenters. The number of hydrogen-bond acceptors (Lipinski definition) is 5. The van der Waals surface area contributed by atoms with E-state index >= 15 is 0 Å². The number of benzene rings is 1. The molecule has 0 saturated heterocycles. The molecule has 0 spiro atoms. The van der Waals surface area contributed by atoms with Crippen LogP contribution in [0.4, 0.5) is 0 Å². The lowest BCUT2D eigenvalue weighted by Crippen LogP contribution is -2.35.